The minimum Gasteiger partial charge on any atom is -0.312 e. The van der Waals surface area contributed by atoms with E-state index in [1.807, 2.05) is 43.4 Å². The quantitative estimate of drug-likeness (QED) is 0.257. The first-order chi connectivity index (χ1) is 19.3. The Balaban J connectivity index is 1.19. The maximum Gasteiger partial charge on any atom is 0.0572 e. The largest absolute Gasteiger partial charge is 0.312 e. The lowest BCUT2D eigenvalue weighted by molar-refractivity contribution is 0.720. The third-order valence-electron chi connectivity index (χ3n) is 7.86. The van der Waals surface area contributed by atoms with E-state index in [0.717, 1.165) is 45.1 Å². The van der Waals surface area contributed by atoms with Gasteiger partial charge in [-0.05, 0) is 53.6 Å². The Labute approximate surface area is 224 Å². The summed E-state index contributed by atoms with van der Waals surface area (Å²) in [6, 6.07) is 23.9. The fourth-order valence-electron chi connectivity index (χ4n) is 6.06. The topological polar surface area (TPSA) is 60.9 Å². The number of aromatic nitrogens is 5. The molecule has 0 radical (unpaired) electrons. The zero-order valence-corrected chi connectivity index (χ0v) is 21.4. The smallest absolute Gasteiger partial charge is 0.0572 e. The van der Waals surface area contributed by atoms with Gasteiger partial charge < -0.3 is 9.13 Å². The molecule has 5 aromatic heterocycles. The molecule has 6 nitrogen and oxygen atoms in total. The molecule has 0 saturated carbocycles. The van der Waals surface area contributed by atoms with Gasteiger partial charge in [0, 0.05) is 94.6 Å². The molecule has 7 aromatic rings. The van der Waals surface area contributed by atoms with Crippen LogP contribution in [0.25, 0.3) is 55.2 Å². The van der Waals surface area contributed by atoms with E-state index in [1.54, 1.807) is 0 Å². The number of pyridine rings is 3. The van der Waals surface area contributed by atoms with Crippen molar-refractivity contribution in [3.8, 4) is 22.5 Å². The molecule has 0 amide bonds. The highest BCUT2D eigenvalue weighted by molar-refractivity contribution is 6.08. The van der Waals surface area contributed by atoms with Gasteiger partial charge in [-0.25, -0.2) is 0 Å². The standard InChI is InChI=1S/C33H24N6/c1-21-16-37-20-29-28-19-36-15-12-32(28)39(33(21)29)25-8-4-23(5-9-25)22-2-6-24(7-3-22)38-30-10-13-34-17-26(30)27-18-35-14-11-31(27)38/h2-15,17-21H,16H2,1H3. The number of benzene rings is 2. The molecular weight excluding hydrogens is 480 g/mol. The monoisotopic (exact) mass is 504 g/mol. The molecule has 1 atom stereocenters. The molecule has 8 rings (SSSR count). The van der Waals surface area contributed by atoms with E-state index in [0.29, 0.717) is 5.92 Å². The second-order valence-corrected chi connectivity index (χ2v) is 10.1. The maximum absolute atomic E-state index is 4.60. The lowest BCUT2D eigenvalue weighted by atomic mass is 10.00. The predicted octanol–water partition coefficient (Wildman–Crippen LogP) is 7.12. The lowest BCUT2D eigenvalue weighted by Crippen LogP contribution is -2.12. The van der Waals surface area contributed by atoms with Gasteiger partial charge in [-0.15, -0.1) is 0 Å². The maximum atomic E-state index is 4.60. The third kappa shape index (κ3) is 3.28. The summed E-state index contributed by atoms with van der Waals surface area (Å²) in [7, 11) is 0. The molecule has 0 fully saturated rings. The molecular formula is C33H24N6. The minimum atomic E-state index is 0.344. The van der Waals surface area contributed by atoms with E-state index >= 15 is 0 Å². The molecule has 1 aliphatic rings. The van der Waals surface area contributed by atoms with Crippen molar-refractivity contribution in [3.63, 3.8) is 0 Å². The van der Waals surface area contributed by atoms with Crippen molar-refractivity contribution in [2.45, 2.75) is 12.8 Å². The van der Waals surface area contributed by atoms with Gasteiger partial charge in [-0.3, -0.25) is 19.9 Å². The first kappa shape index (κ1) is 21.9. The summed E-state index contributed by atoms with van der Waals surface area (Å²) in [5, 5.41) is 3.37. The average molecular weight is 505 g/mol. The second kappa shape index (κ2) is 8.46. The van der Waals surface area contributed by atoms with Gasteiger partial charge in [0.05, 0.1) is 16.6 Å². The molecule has 186 valence electrons. The summed E-state index contributed by atoms with van der Waals surface area (Å²) < 4.78 is 4.65. The van der Waals surface area contributed by atoms with Crippen LogP contribution in [0.1, 0.15) is 24.1 Å². The van der Waals surface area contributed by atoms with Crippen LogP contribution in [0.4, 0.5) is 0 Å². The first-order valence-corrected chi connectivity index (χ1v) is 13.2. The van der Waals surface area contributed by atoms with Crippen molar-refractivity contribution in [2.75, 3.05) is 6.54 Å². The van der Waals surface area contributed by atoms with Gasteiger partial charge in [-0.1, -0.05) is 31.2 Å². The van der Waals surface area contributed by atoms with Crippen molar-refractivity contribution in [1.82, 2.24) is 24.1 Å². The zero-order valence-electron chi connectivity index (χ0n) is 21.4. The Morgan fingerprint density at radius 3 is 1.64 bits per heavy atom. The minimum absolute atomic E-state index is 0.344. The van der Waals surface area contributed by atoms with Crippen LogP contribution in [-0.4, -0.2) is 36.8 Å². The van der Waals surface area contributed by atoms with Crippen LogP contribution in [0.2, 0.25) is 0 Å². The van der Waals surface area contributed by atoms with Gasteiger partial charge in [0.25, 0.3) is 0 Å². The summed E-state index contributed by atoms with van der Waals surface area (Å²) in [5.74, 6) is 0.344. The van der Waals surface area contributed by atoms with E-state index < -0.39 is 0 Å². The lowest BCUT2D eigenvalue weighted by Gasteiger charge is -2.19. The molecule has 0 N–H and O–H groups in total. The summed E-state index contributed by atoms with van der Waals surface area (Å²) >= 11 is 0. The van der Waals surface area contributed by atoms with Crippen molar-refractivity contribution >= 4 is 38.9 Å². The SMILES string of the molecule is CC1CN=Cc2c1n(-c1ccc(-c3ccc(-n4c5ccncc5c5cnccc54)cc3)cc1)c1ccncc21. The average Bonchev–Trinajstić information content (AvgIpc) is 3.52. The van der Waals surface area contributed by atoms with Gasteiger partial charge in [-0.2, -0.15) is 0 Å². The van der Waals surface area contributed by atoms with Crippen molar-refractivity contribution < 1.29 is 0 Å². The van der Waals surface area contributed by atoms with Crippen LogP contribution >= 0.6 is 0 Å². The van der Waals surface area contributed by atoms with Gasteiger partial charge in [0.15, 0.2) is 0 Å². The summed E-state index contributed by atoms with van der Waals surface area (Å²) in [6.07, 6.45) is 13.4. The molecule has 1 unspecified atom stereocenters. The van der Waals surface area contributed by atoms with Crippen LogP contribution in [0, 0.1) is 0 Å². The van der Waals surface area contributed by atoms with Crippen molar-refractivity contribution in [1.29, 1.82) is 0 Å². The van der Waals surface area contributed by atoms with E-state index in [9.17, 15) is 0 Å². The first-order valence-electron chi connectivity index (χ1n) is 13.2. The van der Waals surface area contributed by atoms with Crippen LogP contribution in [0.3, 0.4) is 0 Å². The Kier molecular flexibility index (Phi) is 4.76. The molecule has 0 spiro atoms. The van der Waals surface area contributed by atoms with Gasteiger partial charge in [0.1, 0.15) is 0 Å². The van der Waals surface area contributed by atoms with E-state index in [2.05, 4.69) is 103 Å². The molecule has 2 aromatic carbocycles. The predicted molar refractivity (Wildman–Crippen MR) is 157 cm³/mol. The summed E-state index contributed by atoms with van der Waals surface area (Å²) in [5.41, 5.74) is 10.5. The van der Waals surface area contributed by atoms with E-state index in [4.69, 9.17) is 0 Å². The Morgan fingerprint density at radius 1 is 0.590 bits per heavy atom. The van der Waals surface area contributed by atoms with E-state index in [-0.39, 0.29) is 0 Å². The third-order valence-corrected chi connectivity index (χ3v) is 7.86. The highest BCUT2D eigenvalue weighted by Crippen LogP contribution is 2.36. The normalized spacial score (nSPS) is 14.8. The number of hydrogen-bond acceptors (Lipinski definition) is 4. The summed E-state index contributed by atoms with van der Waals surface area (Å²) in [6.45, 7) is 3.05. The summed E-state index contributed by atoms with van der Waals surface area (Å²) in [4.78, 5) is 17.7. The second-order valence-electron chi connectivity index (χ2n) is 10.1. The molecule has 0 aliphatic carbocycles. The Morgan fingerprint density at radius 2 is 1.08 bits per heavy atom. The highest BCUT2D eigenvalue weighted by Gasteiger charge is 2.24. The molecule has 1 aliphatic heterocycles. The number of fused-ring (bicyclic) bond motifs is 6. The molecule has 0 saturated heterocycles. The molecule has 6 heteroatoms. The molecule has 39 heavy (non-hydrogen) atoms. The van der Waals surface area contributed by atoms with Crippen LogP contribution in [-0.2, 0) is 0 Å². The van der Waals surface area contributed by atoms with Crippen molar-refractivity contribution in [2.24, 2.45) is 4.99 Å². The molecule has 6 heterocycles. The fraction of sp³-hybridized carbons (Fsp3) is 0.0909. The van der Waals surface area contributed by atoms with Crippen LogP contribution in [0.15, 0.2) is 109 Å². The van der Waals surface area contributed by atoms with Gasteiger partial charge in [0.2, 0.25) is 0 Å². The zero-order chi connectivity index (χ0) is 25.9. The number of aliphatic imine (C=N–C) groups is 1. The van der Waals surface area contributed by atoms with E-state index in [1.165, 1.54) is 27.9 Å². The number of rotatable bonds is 3. The fourth-order valence-corrected chi connectivity index (χ4v) is 6.06. The molecule has 0 bridgehead atoms. The number of hydrogen-bond donors (Lipinski definition) is 0. The number of nitrogens with zero attached hydrogens (tertiary/aromatic N) is 6. The Bertz CT molecular complexity index is 1990. The van der Waals surface area contributed by atoms with Crippen molar-refractivity contribution in [3.05, 3.63) is 115 Å². The highest BCUT2D eigenvalue weighted by atomic mass is 15.0. The Hall–Kier alpha value is -5.10. The van der Waals surface area contributed by atoms with Gasteiger partial charge >= 0.3 is 0 Å². The van der Waals surface area contributed by atoms with Crippen LogP contribution < -0.4 is 0 Å². The van der Waals surface area contributed by atoms with Crippen LogP contribution in [0.5, 0.6) is 0 Å².